The summed E-state index contributed by atoms with van der Waals surface area (Å²) in [6, 6.07) is 5.04. The van der Waals surface area contributed by atoms with E-state index in [0.717, 1.165) is 23.5 Å². The summed E-state index contributed by atoms with van der Waals surface area (Å²) in [5.74, 6) is -0.784. The molecule has 0 aliphatic carbocycles. The van der Waals surface area contributed by atoms with Crippen LogP contribution in [0.2, 0.25) is 10.0 Å². The number of benzene rings is 2. The Morgan fingerprint density at radius 2 is 1.95 bits per heavy atom. The second-order valence-electron chi connectivity index (χ2n) is 9.08. The number of aromatic nitrogens is 2. The van der Waals surface area contributed by atoms with Gasteiger partial charge in [0.25, 0.3) is 5.56 Å². The number of fused-ring (bicyclic) bond motifs is 1. The molecule has 0 bridgehead atoms. The van der Waals surface area contributed by atoms with Gasteiger partial charge in [-0.2, -0.15) is 0 Å². The lowest BCUT2D eigenvalue weighted by molar-refractivity contribution is -0.274. The summed E-state index contributed by atoms with van der Waals surface area (Å²) >= 11 is 12.6. The number of ether oxygens (including phenoxy) is 1. The number of rotatable bonds is 7. The average molecular weight is 593 g/mol. The maximum atomic E-state index is 13.4. The van der Waals surface area contributed by atoms with E-state index in [-0.39, 0.29) is 61.9 Å². The first-order valence-corrected chi connectivity index (χ1v) is 14.1. The first-order valence-electron chi connectivity index (χ1n) is 11.7. The van der Waals surface area contributed by atoms with Gasteiger partial charge in [-0.15, -0.1) is 13.2 Å². The summed E-state index contributed by atoms with van der Waals surface area (Å²) in [7, 11) is -3.65. The standard InChI is InChI=1S/C24H25Cl2F3N4O4S/c1-2-38(35,36)20-6-5-15(25)8-14(20)10-33-13-31-22-17(23(33)34)9-19(37-24(27,28)29)18(21(22)26)12-32-7-3-4-16(30)11-32/h5-6,8-9,13,16H,2-4,7,10-12,30H2,1H3/t16-/m0/s1. The van der Waals surface area contributed by atoms with E-state index in [0.29, 0.717) is 13.1 Å². The van der Waals surface area contributed by atoms with Crippen molar-refractivity contribution in [3.63, 3.8) is 0 Å². The lowest BCUT2D eigenvalue weighted by Gasteiger charge is -2.31. The third kappa shape index (κ3) is 6.26. The summed E-state index contributed by atoms with van der Waals surface area (Å²) in [5, 5.41) is -0.0947. The highest BCUT2D eigenvalue weighted by atomic mass is 35.5. The van der Waals surface area contributed by atoms with E-state index in [1.807, 2.05) is 4.90 Å². The van der Waals surface area contributed by atoms with Crippen LogP contribution in [-0.2, 0) is 22.9 Å². The predicted octanol–water partition coefficient (Wildman–Crippen LogP) is 4.37. The molecule has 1 saturated heterocycles. The molecule has 8 nitrogen and oxygen atoms in total. The van der Waals surface area contributed by atoms with Gasteiger partial charge in [0, 0.05) is 29.7 Å². The molecule has 4 rings (SSSR count). The summed E-state index contributed by atoms with van der Waals surface area (Å²) in [6.45, 7) is 2.36. The SMILES string of the molecule is CCS(=O)(=O)c1ccc(Cl)cc1Cn1cnc2c(Cl)c(CN3CCC[C@H](N)C3)c(OC(F)(F)F)cc2c1=O. The molecule has 0 radical (unpaired) electrons. The molecule has 1 fully saturated rings. The van der Waals surface area contributed by atoms with Crippen molar-refractivity contribution in [1.82, 2.24) is 14.5 Å². The number of piperidine rings is 1. The summed E-state index contributed by atoms with van der Waals surface area (Å²) in [5.41, 5.74) is 5.57. The Balaban J connectivity index is 1.82. The van der Waals surface area contributed by atoms with Crippen molar-refractivity contribution in [2.24, 2.45) is 5.73 Å². The van der Waals surface area contributed by atoms with Crippen LogP contribution in [0.25, 0.3) is 10.9 Å². The number of hydrogen-bond donors (Lipinski definition) is 1. The summed E-state index contributed by atoms with van der Waals surface area (Å²) < 4.78 is 70.5. The van der Waals surface area contributed by atoms with Crippen molar-refractivity contribution in [2.45, 2.75) is 50.2 Å². The maximum Gasteiger partial charge on any atom is 0.573 e. The minimum atomic E-state index is -5.03. The van der Waals surface area contributed by atoms with Crippen molar-refractivity contribution in [2.75, 3.05) is 18.8 Å². The van der Waals surface area contributed by atoms with Crippen LogP contribution in [0.3, 0.4) is 0 Å². The Morgan fingerprint density at radius 1 is 1.21 bits per heavy atom. The van der Waals surface area contributed by atoms with Gasteiger partial charge in [-0.1, -0.05) is 30.1 Å². The molecule has 0 saturated carbocycles. The summed E-state index contributed by atoms with van der Waals surface area (Å²) in [6.07, 6.45) is -2.27. The van der Waals surface area contributed by atoms with Gasteiger partial charge < -0.3 is 10.5 Å². The molecule has 38 heavy (non-hydrogen) atoms. The highest BCUT2D eigenvalue weighted by Gasteiger charge is 2.34. The molecular formula is C24H25Cl2F3N4O4S. The van der Waals surface area contributed by atoms with Crippen molar-refractivity contribution in [3.05, 3.63) is 62.1 Å². The Kier molecular flexibility index (Phi) is 8.29. The van der Waals surface area contributed by atoms with Gasteiger partial charge in [-0.25, -0.2) is 13.4 Å². The average Bonchev–Trinajstić information content (AvgIpc) is 2.83. The molecule has 14 heteroatoms. The molecule has 1 atom stereocenters. The molecule has 0 spiro atoms. The van der Waals surface area contributed by atoms with Gasteiger partial charge in [-0.3, -0.25) is 14.3 Å². The van der Waals surface area contributed by atoms with E-state index in [9.17, 15) is 26.4 Å². The van der Waals surface area contributed by atoms with Crippen molar-refractivity contribution in [1.29, 1.82) is 0 Å². The summed E-state index contributed by atoms with van der Waals surface area (Å²) in [4.78, 5) is 19.5. The first kappa shape index (κ1) is 28.6. The fourth-order valence-electron chi connectivity index (χ4n) is 4.53. The number of likely N-dealkylation sites (tertiary alicyclic amines) is 1. The lowest BCUT2D eigenvalue weighted by Crippen LogP contribution is -2.42. The van der Waals surface area contributed by atoms with Crippen LogP contribution in [-0.4, -0.2) is 54.1 Å². The third-order valence-electron chi connectivity index (χ3n) is 6.35. The zero-order chi connectivity index (χ0) is 27.8. The van der Waals surface area contributed by atoms with Gasteiger partial charge in [0.05, 0.1) is 39.4 Å². The third-order valence-corrected chi connectivity index (χ3v) is 8.82. The second kappa shape index (κ2) is 11.0. The van der Waals surface area contributed by atoms with Gasteiger partial charge >= 0.3 is 6.36 Å². The molecule has 1 aliphatic rings. The number of sulfone groups is 1. The fraction of sp³-hybridized carbons (Fsp3) is 0.417. The Bertz CT molecular complexity index is 1530. The van der Waals surface area contributed by atoms with Gasteiger partial charge in [0.2, 0.25) is 0 Å². The van der Waals surface area contributed by atoms with Crippen molar-refractivity contribution in [3.8, 4) is 5.75 Å². The molecule has 2 N–H and O–H groups in total. The normalized spacial score (nSPS) is 17.2. The number of alkyl halides is 3. The Labute approximate surface area is 227 Å². The molecule has 206 valence electrons. The van der Waals surface area contributed by atoms with E-state index in [1.165, 1.54) is 31.5 Å². The molecule has 1 aromatic heterocycles. The topological polar surface area (TPSA) is 108 Å². The highest BCUT2D eigenvalue weighted by molar-refractivity contribution is 7.91. The van der Waals surface area contributed by atoms with Crippen LogP contribution < -0.4 is 16.0 Å². The van der Waals surface area contributed by atoms with E-state index in [1.54, 1.807) is 0 Å². The monoisotopic (exact) mass is 592 g/mol. The van der Waals surface area contributed by atoms with E-state index >= 15 is 0 Å². The Morgan fingerprint density at radius 3 is 2.61 bits per heavy atom. The number of nitrogens with two attached hydrogens (primary N) is 1. The molecule has 1 aliphatic heterocycles. The molecule has 0 unspecified atom stereocenters. The van der Waals surface area contributed by atoms with Gasteiger partial charge in [0.1, 0.15) is 5.75 Å². The molecule has 0 amide bonds. The predicted molar refractivity (Wildman–Crippen MR) is 138 cm³/mol. The second-order valence-corrected chi connectivity index (χ2v) is 12.1. The Hall–Kier alpha value is -2.38. The minimum absolute atomic E-state index is 0.00578. The highest BCUT2D eigenvalue weighted by Crippen LogP contribution is 2.37. The zero-order valence-electron chi connectivity index (χ0n) is 20.3. The van der Waals surface area contributed by atoms with Gasteiger partial charge in [-0.05, 0) is 49.2 Å². The molecule has 2 aromatic carbocycles. The van der Waals surface area contributed by atoms with E-state index in [2.05, 4.69) is 9.72 Å². The number of hydrogen-bond acceptors (Lipinski definition) is 7. The fourth-order valence-corrected chi connectivity index (χ4v) is 6.14. The number of nitrogens with zero attached hydrogens (tertiary/aromatic N) is 3. The maximum absolute atomic E-state index is 13.4. The molecule has 3 aromatic rings. The van der Waals surface area contributed by atoms with Crippen LogP contribution in [0, 0.1) is 0 Å². The van der Waals surface area contributed by atoms with E-state index in [4.69, 9.17) is 28.9 Å². The molecule has 2 heterocycles. The quantitative estimate of drug-likeness (QED) is 0.434. The van der Waals surface area contributed by atoms with E-state index < -0.39 is 27.5 Å². The van der Waals surface area contributed by atoms with Crippen LogP contribution in [0.15, 0.2) is 40.3 Å². The first-order chi connectivity index (χ1) is 17.8. The van der Waals surface area contributed by atoms with Crippen molar-refractivity contribution < 1.29 is 26.3 Å². The van der Waals surface area contributed by atoms with Crippen LogP contribution in [0.5, 0.6) is 5.75 Å². The minimum Gasteiger partial charge on any atom is -0.405 e. The lowest BCUT2D eigenvalue weighted by atomic mass is 10.0. The van der Waals surface area contributed by atoms with Crippen LogP contribution in [0.1, 0.15) is 30.9 Å². The molecular weight excluding hydrogens is 568 g/mol. The van der Waals surface area contributed by atoms with Gasteiger partial charge in [0.15, 0.2) is 9.84 Å². The largest absolute Gasteiger partial charge is 0.573 e. The van der Waals surface area contributed by atoms with Crippen molar-refractivity contribution >= 4 is 43.9 Å². The van der Waals surface area contributed by atoms with Crippen LogP contribution in [0.4, 0.5) is 13.2 Å². The number of halogens is 5. The van der Waals surface area contributed by atoms with Crippen LogP contribution >= 0.6 is 23.2 Å². The zero-order valence-corrected chi connectivity index (χ0v) is 22.6. The smallest absolute Gasteiger partial charge is 0.405 e.